The van der Waals surface area contributed by atoms with Gasteiger partial charge in [-0.1, -0.05) is 0 Å². The van der Waals surface area contributed by atoms with Gasteiger partial charge in [0.25, 0.3) is 5.56 Å². The first-order valence-electron chi connectivity index (χ1n) is 6.57. The van der Waals surface area contributed by atoms with Crippen molar-refractivity contribution in [2.24, 2.45) is 7.05 Å². The Morgan fingerprint density at radius 3 is 3.05 bits per heavy atom. The summed E-state index contributed by atoms with van der Waals surface area (Å²) in [5, 5.41) is 9.56. The summed E-state index contributed by atoms with van der Waals surface area (Å²) in [6, 6.07) is 1.81. The lowest BCUT2D eigenvalue weighted by Crippen LogP contribution is -2.20. The first-order chi connectivity index (χ1) is 10.7. The summed E-state index contributed by atoms with van der Waals surface area (Å²) in [5.74, 6) is 0. The van der Waals surface area contributed by atoms with Gasteiger partial charge in [0.2, 0.25) is 0 Å². The van der Waals surface area contributed by atoms with Crippen molar-refractivity contribution in [1.82, 2.24) is 24.3 Å². The van der Waals surface area contributed by atoms with Crippen LogP contribution in [0.4, 0.5) is 0 Å². The van der Waals surface area contributed by atoms with Gasteiger partial charge in [0.05, 0.1) is 30.1 Å². The Kier molecular flexibility index (Phi) is 3.12. The van der Waals surface area contributed by atoms with E-state index in [2.05, 4.69) is 15.1 Å². The summed E-state index contributed by atoms with van der Waals surface area (Å²) in [4.78, 5) is 22.0. The number of hydrogen-bond acceptors (Lipinski definition) is 6. The van der Waals surface area contributed by atoms with Gasteiger partial charge in [0.15, 0.2) is 0 Å². The highest BCUT2D eigenvalue weighted by atomic mass is 32.1. The lowest BCUT2D eigenvalue weighted by molar-refractivity contribution is 0.735. The molecular weight excluding hydrogens is 318 g/mol. The molecule has 0 saturated carbocycles. The molecule has 0 fully saturated rings. The topological polar surface area (TPSA) is 65.6 Å². The summed E-state index contributed by atoms with van der Waals surface area (Å²) in [6.07, 6.45) is 5.30. The summed E-state index contributed by atoms with van der Waals surface area (Å²) < 4.78 is 3.34. The molecule has 0 radical (unpaired) electrons. The Morgan fingerprint density at radius 2 is 2.23 bits per heavy atom. The zero-order valence-corrected chi connectivity index (χ0v) is 13.3. The second-order valence-electron chi connectivity index (χ2n) is 4.86. The smallest absolute Gasteiger partial charge is 0.262 e. The summed E-state index contributed by atoms with van der Waals surface area (Å²) in [5.41, 5.74) is 1.81. The van der Waals surface area contributed by atoms with Crippen molar-refractivity contribution in [2.45, 2.75) is 6.54 Å². The number of nitrogens with zero attached hydrogens (tertiary/aromatic N) is 5. The molecule has 0 saturated heterocycles. The van der Waals surface area contributed by atoms with E-state index in [0.717, 1.165) is 21.1 Å². The van der Waals surface area contributed by atoms with Crippen LogP contribution in [0.15, 0.2) is 40.3 Å². The van der Waals surface area contributed by atoms with E-state index in [1.165, 1.54) is 11.3 Å². The van der Waals surface area contributed by atoms with Crippen molar-refractivity contribution in [2.75, 3.05) is 0 Å². The molecule has 0 spiro atoms. The maximum atomic E-state index is 12.4. The van der Waals surface area contributed by atoms with Crippen LogP contribution in [0.1, 0.15) is 5.69 Å². The first-order valence-corrected chi connectivity index (χ1v) is 8.33. The molecule has 4 aromatic rings. The highest BCUT2D eigenvalue weighted by Crippen LogP contribution is 2.23. The highest BCUT2D eigenvalue weighted by Gasteiger charge is 2.09. The summed E-state index contributed by atoms with van der Waals surface area (Å²) in [6.45, 7) is 0.425. The molecular formula is C14H11N5OS2. The molecule has 22 heavy (non-hydrogen) atoms. The van der Waals surface area contributed by atoms with E-state index < -0.39 is 0 Å². The molecule has 6 nitrogen and oxygen atoms in total. The standard InChI is InChI=1S/C14H11N5OS2/c1-18-5-9(4-16-18)12-17-10(7-22-12)6-19-8-15-13-11(14(19)20)2-3-21-13/h2-5,7-8H,6H2,1H3. The minimum absolute atomic E-state index is 0.0258. The zero-order valence-electron chi connectivity index (χ0n) is 11.6. The fourth-order valence-electron chi connectivity index (χ4n) is 2.22. The van der Waals surface area contributed by atoms with Crippen molar-refractivity contribution in [1.29, 1.82) is 0 Å². The van der Waals surface area contributed by atoms with Gasteiger partial charge in [-0.25, -0.2) is 9.97 Å². The van der Waals surface area contributed by atoms with E-state index in [-0.39, 0.29) is 5.56 Å². The molecule has 4 rings (SSSR count). The average Bonchev–Trinajstić information content (AvgIpc) is 3.22. The van der Waals surface area contributed by atoms with Gasteiger partial charge in [-0.3, -0.25) is 14.0 Å². The summed E-state index contributed by atoms with van der Waals surface area (Å²) >= 11 is 3.02. The van der Waals surface area contributed by atoms with Crippen LogP contribution < -0.4 is 5.56 Å². The van der Waals surface area contributed by atoms with E-state index in [1.807, 2.05) is 30.1 Å². The maximum Gasteiger partial charge on any atom is 0.262 e. The predicted octanol–water partition coefficient (Wildman–Crippen LogP) is 2.36. The Balaban J connectivity index is 1.67. The number of aryl methyl sites for hydroxylation is 1. The summed E-state index contributed by atoms with van der Waals surface area (Å²) in [7, 11) is 1.87. The number of thiazole rings is 1. The first kappa shape index (κ1) is 13.4. The molecule has 0 aliphatic heterocycles. The van der Waals surface area contributed by atoms with Gasteiger partial charge >= 0.3 is 0 Å². The van der Waals surface area contributed by atoms with Crippen LogP contribution in [-0.2, 0) is 13.6 Å². The minimum atomic E-state index is -0.0258. The number of fused-ring (bicyclic) bond motifs is 1. The molecule has 0 N–H and O–H groups in total. The molecule has 4 aromatic heterocycles. The van der Waals surface area contributed by atoms with Crippen LogP contribution in [0, 0.1) is 0 Å². The lowest BCUT2D eigenvalue weighted by atomic mass is 10.4. The molecule has 8 heteroatoms. The molecule has 0 bridgehead atoms. The second kappa shape index (κ2) is 5.15. The van der Waals surface area contributed by atoms with Crippen molar-refractivity contribution in [3.63, 3.8) is 0 Å². The van der Waals surface area contributed by atoms with Gasteiger partial charge < -0.3 is 0 Å². The molecule has 4 heterocycles. The number of thiophene rings is 1. The predicted molar refractivity (Wildman–Crippen MR) is 87.3 cm³/mol. The van der Waals surface area contributed by atoms with Crippen LogP contribution in [0.2, 0.25) is 0 Å². The third kappa shape index (κ3) is 2.26. The quantitative estimate of drug-likeness (QED) is 0.579. The third-order valence-corrected chi connectivity index (χ3v) is 5.05. The largest absolute Gasteiger partial charge is 0.293 e. The van der Waals surface area contributed by atoms with E-state index in [9.17, 15) is 4.79 Å². The molecule has 0 aromatic carbocycles. The van der Waals surface area contributed by atoms with Gasteiger partial charge in [0.1, 0.15) is 9.84 Å². The van der Waals surface area contributed by atoms with Gasteiger partial charge in [-0.2, -0.15) is 5.10 Å². The van der Waals surface area contributed by atoms with Crippen LogP contribution in [0.25, 0.3) is 20.8 Å². The SMILES string of the molecule is Cn1cc(-c2nc(Cn3cnc4sccc4c3=O)cs2)cn1. The number of rotatable bonds is 3. The van der Waals surface area contributed by atoms with Crippen molar-refractivity contribution >= 4 is 32.9 Å². The molecule has 0 atom stereocenters. The van der Waals surface area contributed by atoms with Crippen LogP contribution in [-0.4, -0.2) is 24.3 Å². The van der Waals surface area contributed by atoms with Gasteiger partial charge in [-0.05, 0) is 11.4 Å². The minimum Gasteiger partial charge on any atom is -0.293 e. The Labute approximate surface area is 133 Å². The Bertz CT molecular complexity index is 1010. The fraction of sp³-hybridized carbons (Fsp3) is 0.143. The van der Waals surface area contributed by atoms with E-state index in [1.54, 1.807) is 33.1 Å². The van der Waals surface area contributed by atoms with Gasteiger partial charge in [-0.15, -0.1) is 22.7 Å². The number of hydrogen-bond donors (Lipinski definition) is 0. The maximum absolute atomic E-state index is 12.4. The molecule has 0 unspecified atom stereocenters. The highest BCUT2D eigenvalue weighted by molar-refractivity contribution is 7.16. The van der Waals surface area contributed by atoms with Crippen molar-refractivity contribution in [3.05, 3.63) is 51.6 Å². The molecule has 110 valence electrons. The van der Waals surface area contributed by atoms with Gasteiger partial charge in [0, 0.05) is 24.2 Å². The Hall–Kier alpha value is -2.32. The van der Waals surface area contributed by atoms with Crippen molar-refractivity contribution in [3.8, 4) is 10.6 Å². The molecule has 0 amide bonds. The van der Waals surface area contributed by atoms with Crippen molar-refractivity contribution < 1.29 is 0 Å². The molecule has 0 aliphatic carbocycles. The van der Waals surface area contributed by atoms with E-state index in [0.29, 0.717) is 11.9 Å². The van der Waals surface area contributed by atoms with E-state index >= 15 is 0 Å². The Morgan fingerprint density at radius 1 is 1.32 bits per heavy atom. The average molecular weight is 329 g/mol. The monoisotopic (exact) mass is 329 g/mol. The fourth-order valence-corrected chi connectivity index (χ4v) is 3.73. The second-order valence-corrected chi connectivity index (χ2v) is 6.62. The zero-order chi connectivity index (χ0) is 15.1. The van der Waals surface area contributed by atoms with Crippen LogP contribution in [0.3, 0.4) is 0 Å². The third-order valence-electron chi connectivity index (χ3n) is 3.29. The van der Waals surface area contributed by atoms with Crippen LogP contribution in [0.5, 0.6) is 0 Å². The normalized spacial score (nSPS) is 11.3. The molecule has 0 aliphatic rings. The van der Waals surface area contributed by atoms with Crippen LogP contribution >= 0.6 is 22.7 Å². The lowest BCUT2D eigenvalue weighted by Gasteiger charge is -2.02. The van der Waals surface area contributed by atoms with E-state index in [4.69, 9.17) is 0 Å². The number of aromatic nitrogens is 5.